The maximum atomic E-state index is 11.2. The lowest BCUT2D eigenvalue weighted by atomic mass is 10.1. The van der Waals surface area contributed by atoms with E-state index in [1.165, 1.54) is 0 Å². The number of carbonyl (C=O) groups excluding carboxylic acids is 1. The largest absolute Gasteiger partial charge is 0.438 e. The molecule has 1 aliphatic rings. The Labute approximate surface area is 80.8 Å². The zero-order chi connectivity index (χ0) is 9.26. The molecule has 1 unspecified atom stereocenters. The van der Waals surface area contributed by atoms with Crippen molar-refractivity contribution in [3.05, 3.63) is 42.0 Å². The number of hydrogen-bond acceptors (Lipinski definition) is 2. The van der Waals surface area contributed by atoms with Crippen LogP contribution in [0.2, 0.25) is 0 Å². The SMILES string of the molecule is O=C1OC(Cl)C=C1c1ccccc1. The van der Waals surface area contributed by atoms with E-state index in [2.05, 4.69) is 0 Å². The average molecular weight is 195 g/mol. The van der Waals surface area contributed by atoms with E-state index in [1.807, 2.05) is 30.3 Å². The van der Waals surface area contributed by atoms with E-state index in [0.717, 1.165) is 5.56 Å². The van der Waals surface area contributed by atoms with Gasteiger partial charge in [0.15, 0.2) is 5.56 Å². The lowest BCUT2D eigenvalue weighted by Gasteiger charge is -1.98. The summed E-state index contributed by atoms with van der Waals surface area (Å²) >= 11 is 5.63. The molecule has 1 atom stereocenters. The molecule has 0 N–H and O–H groups in total. The van der Waals surface area contributed by atoms with Crippen LogP contribution in [0.3, 0.4) is 0 Å². The fourth-order valence-corrected chi connectivity index (χ4v) is 1.44. The second kappa shape index (κ2) is 3.23. The fraction of sp³-hybridized carbons (Fsp3) is 0.100. The first-order chi connectivity index (χ1) is 6.27. The third kappa shape index (κ3) is 1.58. The summed E-state index contributed by atoms with van der Waals surface area (Å²) in [6, 6.07) is 9.32. The number of hydrogen-bond donors (Lipinski definition) is 0. The normalized spacial score (nSPS) is 21.2. The number of alkyl halides is 1. The van der Waals surface area contributed by atoms with Crippen LogP contribution in [0.1, 0.15) is 5.56 Å². The maximum absolute atomic E-state index is 11.2. The molecule has 0 aliphatic carbocycles. The predicted octanol–water partition coefficient (Wildman–Crippen LogP) is 2.19. The molecule has 3 heteroatoms. The molecule has 2 nitrogen and oxygen atoms in total. The number of benzene rings is 1. The highest BCUT2D eigenvalue weighted by molar-refractivity contribution is 6.28. The van der Waals surface area contributed by atoms with Crippen molar-refractivity contribution in [2.24, 2.45) is 0 Å². The van der Waals surface area contributed by atoms with Gasteiger partial charge in [0.1, 0.15) is 0 Å². The molecule has 1 aliphatic heterocycles. The van der Waals surface area contributed by atoms with E-state index in [-0.39, 0.29) is 5.97 Å². The molecular weight excluding hydrogens is 188 g/mol. The average Bonchev–Trinajstić information content (AvgIpc) is 2.47. The number of esters is 1. The third-order valence-corrected chi connectivity index (χ3v) is 2.04. The zero-order valence-electron chi connectivity index (χ0n) is 6.74. The Bertz CT molecular complexity index is 356. The molecule has 1 aromatic carbocycles. The minimum Gasteiger partial charge on any atom is -0.438 e. The van der Waals surface area contributed by atoms with Crippen molar-refractivity contribution in [2.75, 3.05) is 0 Å². The van der Waals surface area contributed by atoms with Crippen molar-refractivity contribution in [3.63, 3.8) is 0 Å². The molecule has 1 aromatic rings. The zero-order valence-corrected chi connectivity index (χ0v) is 7.49. The van der Waals surface area contributed by atoms with Gasteiger partial charge < -0.3 is 4.74 Å². The number of halogens is 1. The van der Waals surface area contributed by atoms with Gasteiger partial charge >= 0.3 is 5.97 Å². The summed E-state index contributed by atoms with van der Waals surface area (Å²) in [4.78, 5) is 11.2. The van der Waals surface area contributed by atoms with Crippen LogP contribution in [0.4, 0.5) is 0 Å². The topological polar surface area (TPSA) is 26.3 Å². The van der Waals surface area contributed by atoms with Crippen molar-refractivity contribution < 1.29 is 9.53 Å². The van der Waals surface area contributed by atoms with Crippen LogP contribution in [0.15, 0.2) is 36.4 Å². The molecule has 1 heterocycles. The van der Waals surface area contributed by atoms with Gasteiger partial charge in [0.25, 0.3) is 0 Å². The molecular formula is C10H7ClO2. The Hall–Kier alpha value is -1.28. The number of rotatable bonds is 1. The first-order valence-electron chi connectivity index (χ1n) is 3.89. The van der Waals surface area contributed by atoms with Gasteiger partial charge in [-0.1, -0.05) is 41.9 Å². The van der Waals surface area contributed by atoms with E-state index in [4.69, 9.17) is 16.3 Å². The molecule has 13 heavy (non-hydrogen) atoms. The van der Waals surface area contributed by atoms with Crippen LogP contribution >= 0.6 is 11.6 Å². The number of cyclic esters (lactones) is 1. The Balaban J connectivity index is 2.37. The van der Waals surface area contributed by atoms with Gasteiger partial charge in [-0.15, -0.1) is 0 Å². The lowest BCUT2D eigenvalue weighted by Crippen LogP contribution is -2.01. The molecule has 0 amide bonds. The minimum atomic E-state index is -0.622. The van der Waals surface area contributed by atoms with Crippen molar-refractivity contribution in [1.29, 1.82) is 0 Å². The first-order valence-corrected chi connectivity index (χ1v) is 4.33. The molecule has 0 spiro atoms. The second-order valence-corrected chi connectivity index (χ2v) is 3.13. The highest BCUT2D eigenvalue weighted by atomic mass is 35.5. The second-order valence-electron chi connectivity index (χ2n) is 2.70. The Morgan fingerprint density at radius 3 is 2.46 bits per heavy atom. The number of ether oxygens (including phenoxy) is 1. The Morgan fingerprint density at radius 2 is 1.92 bits per heavy atom. The van der Waals surface area contributed by atoms with Crippen LogP contribution in [-0.4, -0.2) is 11.5 Å². The van der Waals surface area contributed by atoms with Crippen LogP contribution in [0.25, 0.3) is 5.57 Å². The number of carbonyl (C=O) groups is 1. The van der Waals surface area contributed by atoms with Gasteiger partial charge in [0.2, 0.25) is 0 Å². The van der Waals surface area contributed by atoms with E-state index in [0.29, 0.717) is 5.57 Å². The maximum Gasteiger partial charge on any atom is 0.340 e. The summed E-state index contributed by atoms with van der Waals surface area (Å²) in [6.07, 6.45) is 1.61. The Morgan fingerprint density at radius 1 is 1.23 bits per heavy atom. The molecule has 0 saturated carbocycles. The molecule has 0 bridgehead atoms. The monoisotopic (exact) mass is 194 g/mol. The van der Waals surface area contributed by atoms with Crippen LogP contribution in [0.5, 0.6) is 0 Å². The summed E-state index contributed by atoms with van der Waals surface area (Å²) < 4.78 is 4.76. The van der Waals surface area contributed by atoms with Gasteiger partial charge in [-0.2, -0.15) is 0 Å². The third-order valence-electron chi connectivity index (χ3n) is 1.82. The predicted molar refractivity (Wildman–Crippen MR) is 50.2 cm³/mol. The summed E-state index contributed by atoms with van der Waals surface area (Å²) in [6.45, 7) is 0. The van der Waals surface area contributed by atoms with Crippen molar-refractivity contribution >= 4 is 23.1 Å². The minimum absolute atomic E-state index is 0.355. The summed E-state index contributed by atoms with van der Waals surface area (Å²) in [7, 11) is 0. The standard InChI is InChI=1S/C10H7ClO2/c11-9-6-8(10(12)13-9)7-4-2-1-3-5-7/h1-6,9H. The van der Waals surface area contributed by atoms with Gasteiger partial charge in [0.05, 0.1) is 5.57 Å². The fourth-order valence-electron chi connectivity index (χ4n) is 1.23. The van der Waals surface area contributed by atoms with Gasteiger partial charge in [-0.05, 0) is 11.6 Å². The summed E-state index contributed by atoms with van der Waals surface area (Å²) in [5.74, 6) is -0.355. The first kappa shape index (κ1) is 8.32. The van der Waals surface area contributed by atoms with E-state index < -0.39 is 5.56 Å². The smallest absolute Gasteiger partial charge is 0.340 e. The molecule has 0 saturated heterocycles. The summed E-state index contributed by atoms with van der Waals surface area (Å²) in [5.41, 5.74) is 0.763. The highest BCUT2D eigenvalue weighted by Gasteiger charge is 2.24. The molecule has 0 fully saturated rings. The molecule has 0 aromatic heterocycles. The van der Waals surface area contributed by atoms with Gasteiger partial charge in [-0.25, -0.2) is 4.79 Å². The van der Waals surface area contributed by atoms with Crippen LogP contribution in [0, 0.1) is 0 Å². The van der Waals surface area contributed by atoms with Gasteiger partial charge in [-0.3, -0.25) is 0 Å². The van der Waals surface area contributed by atoms with E-state index in [1.54, 1.807) is 6.08 Å². The van der Waals surface area contributed by atoms with Gasteiger partial charge in [0, 0.05) is 0 Å². The highest BCUT2D eigenvalue weighted by Crippen LogP contribution is 2.24. The van der Waals surface area contributed by atoms with Crippen molar-refractivity contribution in [2.45, 2.75) is 5.56 Å². The summed E-state index contributed by atoms with van der Waals surface area (Å²) in [5, 5.41) is 0. The molecule has 0 radical (unpaired) electrons. The van der Waals surface area contributed by atoms with Crippen LogP contribution < -0.4 is 0 Å². The van der Waals surface area contributed by atoms with E-state index in [9.17, 15) is 4.79 Å². The molecule has 66 valence electrons. The molecule has 2 rings (SSSR count). The Kier molecular flexibility index (Phi) is 2.07. The van der Waals surface area contributed by atoms with Crippen molar-refractivity contribution in [3.8, 4) is 0 Å². The van der Waals surface area contributed by atoms with Crippen molar-refractivity contribution in [1.82, 2.24) is 0 Å². The lowest BCUT2D eigenvalue weighted by molar-refractivity contribution is -0.135. The quantitative estimate of drug-likeness (QED) is 0.506. The van der Waals surface area contributed by atoms with Crippen LogP contribution in [-0.2, 0) is 9.53 Å². The van der Waals surface area contributed by atoms with E-state index >= 15 is 0 Å².